The molecule has 2 unspecified atom stereocenters. The Morgan fingerprint density at radius 1 is 1.43 bits per heavy atom. The topological polar surface area (TPSA) is 114 Å². The highest BCUT2D eigenvalue weighted by Crippen LogP contribution is 2.50. The number of H-pyrrole nitrogens is 1. The fraction of sp³-hybridized carbons (Fsp3) is 0.480. The highest BCUT2D eigenvalue weighted by molar-refractivity contribution is 14.1. The van der Waals surface area contributed by atoms with Crippen LogP contribution in [0.2, 0.25) is 0 Å². The number of likely N-dealkylation sites (tertiary alicyclic amines) is 1. The Morgan fingerprint density at radius 3 is 2.97 bits per heavy atom. The highest BCUT2D eigenvalue weighted by Gasteiger charge is 2.47. The number of aryl methyl sites for hydroxylation is 2. The molecule has 0 bridgehead atoms. The van der Waals surface area contributed by atoms with E-state index >= 15 is 0 Å². The van der Waals surface area contributed by atoms with E-state index in [0.29, 0.717) is 18.8 Å². The Morgan fingerprint density at radius 2 is 2.24 bits per heavy atom. The van der Waals surface area contributed by atoms with Crippen molar-refractivity contribution in [1.29, 1.82) is 5.26 Å². The maximum Gasteiger partial charge on any atom is 0.263 e. The zero-order valence-corrected chi connectivity index (χ0v) is 24.6. The van der Waals surface area contributed by atoms with E-state index in [9.17, 15) is 10.1 Å². The van der Waals surface area contributed by atoms with Gasteiger partial charge in [-0.05, 0) is 60.7 Å². The largest absolute Gasteiger partial charge is 0.358 e. The number of halogens is 1. The number of hydrogen-bond donors (Lipinski definition) is 2. The van der Waals surface area contributed by atoms with E-state index < -0.39 is 5.41 Å². The van der Waals surface area contributed by atoms with Crippen LogP contribution in [0.15, 0.2) is 29.8 Å². The SMILES string of the molecule is C=C(CN[C@H](I)CC1(c2nn[nH]n2)c2ccsc2CCc2sc(C(=O)N(C)C)cc21)N1CCCC1C#N. The number of aromatic nitrogens is 4. The minimum Gasteiger partial charge on any atom is -0.358 e. The number of thiophene rings is 2. The second-order valence-electron chi connectivity index (χ2n) is 9.64. The summed E-state index contributed by atoms with van der Waals surface area (Å²) in [5.41, 5.74) is 2.56. The van der Waals surface area contributed by atoms with Crippen molar-refractivity contribution < 1.29 is 4.79 Å². The summed E-state index contributed by atoms with van der Waals surface area (Å²) in [4.78, 5) is 19.9. The van der Waals surface area contributed by atoms with E-state index in [-0.39, 0.29) is 16.0 Å². The van der Waals surface area contributed by atoms with E-state index in [1.807, 2.05) is 0 Å². The number of carbonyl (C=O) groups excluding carboxylic acids is 1. The Labute approximate surface area is 238 Å². The fourth-order valence-electron chi connectivity index (χ4n) is 5.43. The molecule has 194 valence electrons. The Balaban J connectivity index is 1.51. The molecule has 1 amide bonds. The number of nitrogens with zero attached hydrogens (tertiary/aromatic N) is 6. The molecule has 1 aliphatic carbocycles. The lowest BCUT2D eigenvalue weighted by Crippen LogP contribution is -2.40. The minimum atomic E-state index is -0.654. The number of carbonyl (C=O) groups is 1. The summed E-state index contributed by atoms with van der Waals surface area (Å²) in [5, 5.41) is 30.9. The van der Waals surface area contributed by atoms with E-state index in [1.54, 1.807) is 41.7 Å². The molecule has 4 heterocycles. The molecule has 1 fully saturated rings. The van der Waals surface area contributed by atoms with Crippen LogP contribution < -0.4 is 5.32 Å². The van der Waals surface area contributed by atoms with Crippen molar-refractivity contribution in [2.45, 2.75) is 47.6 Å². The number of aromatic amines is 1. The van der Waals surface area contributed by atoms with Gasteiger partial charge in [0.15, 0.2) is 5.82 Å². The van der Waals surface area contributed by atoms with Gasteiger partial charge < -0.3 is 9.80 Å². The number of alkyl halides is 1. The molecule has 1 saturated heterocycles. The molecule has 0 saturated carbocycles. The standard InChI is InChI=1S/C25H29IN8OS2/c1-15(34-9-4-5-16(34)13-27)14-28-22(26)12-25(24-29-31-32-30-24)17-8-10-36-19(17)6-7-20-18(25)11-21(37-20)23(35)33(2)3/h8,10-11,16,22,28H,1,4-7,9,12,14H2,2-3H3,(H,29,30,31,32)/t16?,22-,25?/m0/s1. The minimum absolute atomic E-state index is 0.00346. The van der Waals surface area contributed by atoms with Crippen LogP contribution in [0, 0.1) is 11.3 Å². The van der Waals surface area contributed by atoms with Gasteiger partial charge >= 0.3 is 0 Å². The third-order valence-electron chi connectivity index (χ3n) is 7.22. The highest BCUT2D eigenvalue weighted by atomic mass is 127. The first-order valence-corrected chi connectivity index (χ1v) is 15.2. The molecule has 0 aromatic carbocycles. The van der Waals surface area contributed by atoms with Gasteiger partial charge in [0.1, 0.15) is 6.04 Å². The second-order valence-corrected chi connectivity index (χ2v) is 13.3. The lowest BCUT2D eigenvalue weighted by Gasteiger charge is -2.34. The van der Waals surface area contributed by atoms with Crippen LogP contribution in [0.5, 0.6) is 0 Å². The summed E-state index contributed by atoms with van der Waals surface area (Å²) in [7, 11) is 3.57. The maximum atomic E-state index is 13.0. The van der Waals surface area contributed by atoms with Crippen LogP contribution in [-0.4, -0.2) is 73.6 Å². The lowest BCUT2D eigenvalue weighted by atomic mass is 9.72. The van der Waals surface area contributed by atoms with Crippen molar-refractivity contribution in [1.82, 2.24) is 35.7 Å². The molecule has 3 aromatic rings. The van der Waals surface area contributed by atoms with Crippen LogP contribution in [0.25, 0.3) is 0 Å². The van der Waals surface area contributed by atoms with Crippen LogP contribution in [0.1, 0.15) is 55.6 Å². The first-order chi connectivity index (χ1) is 17.8. The molecular formula is C25H29IN8OS2. The summed E-state index contributed by atoms with van der Waals surface area (Å²) < 4.78 is 0.0302. The number of tetrazole rings is 1. The summed E-state index contributed by atoms with van der Waals surface area (Å²) in [5.74, 6) is 0.618. The van der Waals surface area contributed by atoms with Gasteiger partial charge in [0.2, 0.25) is 0 Å². The van der Waals surface area contributed by atoms with Crippen molar-refractivity contribution in [3.05, 3.63) is 61.4 Å². The Bertz CT molecular complexity index is 1330. The first-order valence-electron chi connectivity index (χ1n) is 12.2. The molecule has 5 rings (SSSR count). The third-order valence-corrected chi connectivity index (χ3v) is 10.3. The average Bonchev–Trinajstić information content (AvgIpc) is 3.70. The molecule has 3 atom stereocenters. The molecule has 2 N–H and O–H groups in total. The number of amides is 1. The zero-order chi connectivity index (χ0) is 26.2. The molecule has 0 spiro atoms. The molecular weight excluding hydrogens is 619 g/mol. The number of fused-ring (bicyclic) bond motifs is 2. The summed E-state index contributed by atoms with van der Waals surface area (Å²) in [6, 6.07) is 6.54. The predicted molar refractivity (Wildman–Crippen MR) is 153 cm³/mol. The van der Waals surface area contributed by atoms with Gasteiger partial charge in [-0.25, -0.2) is 0 Å². The number of rotatable bonds is 8. The van der Waals surface area contributed by atoms with Crippen molar-refractivity contribution in [2.75, 3.05) is 27.2 Å². The smallest absolute Gasteiger partial charge is 0.263 e. The first kappa shape index (κ1) is 26.3. The molecule has 1 aliphatic heterocycles. The van der Waals surface area contributed by atoms with Gasteiger partial charge in [-0.3, -0.25) is 10.1 Å². The van der Waals surface area contributed by atoms with E-state index in [4.69, 9.17) is 0 Å². The van der Waals surface area contributed by atoms with Crippen molar-refractivity contribution in [2.24, 2.45) is 0 Å². The fourth-order valence-corrected chi connectivity index (χ4v) is 8.53. The van der Waals surface area contributed by atoms with Crippen LogP contribution in [0.3, 0.4) is 0 Å². The number of hydrogen-bond acceptors (Lipinski definition) is 9. The third kappa shape index (κ3) is 4.82. The number of nitriles is 1. The second kappa shape index (κ2) is 10.8. The molecule has 2 aliphatic rings. The molecule has 9 nitrogen and oxygen atoms in total. The van der Waals surface area contributed by atoms with Crippen molar-refractivity contribution >= 4 is 51.2 Å². The lowest BCUT2D eigenvalue weighted by molar-refractivity contribution is 0.0832. The van der Waals surface area contributed by atoms with E-state index in [2.05, 4.69) is 83.6 Å². The molecule has 37 heavy (non-hydrogen) atoms. The normalized spacial score (nSPS) is 21.6. The van der Waals surface area contributed by atoms with Crippen molar-refractivity contribution in [3.8, 4) is 6.07 Å². The van der Waals surface area contributed by atoms with Gasteiger partial charge in [-0.1, -0.05) is 34.4 Å². The maximum absolute atomic E-state index is 13.0. The zero-order valence-electron chi connectivity index (χ0n) is 20.8. The number of nitrogens with one attached hydrogen (secondary N) is 2. The molecule has 3 aromatic heterocycles. The quantitative estimate of drug-likeness (QED) is 0.218. The van der Waals surface area contributed by atoms with Gasteiger partial charge in [0, 0.05) is 42.6 Å². The molecule has 0 radical (unpaired) electrons. The monoisotopic (exact) mass is 648 g/mol. The van der Waals surface area contributed by atoms with Crippen LogP contribution >= 0.6 is 45.3 Å². The Hall–Kier alpha value is -2.34. The Kier molecular flexibility index (Phi) is 7.67. The summed E-state index contributed by atoms with van der Waals surface area (Å²) in [6.45, 7) is 5.73. The van der Waals surface area contributed by atoms with Gasteiger partial charge in [0.05, 0.1) is 20.4 Å². The van der Waals surface area contributed by atoms with E-state index in [1.165, 1.54) is 15.3 Å². The van der Waals surface area contributed by atoms with Gasteiger partial charge in [0.25, 0.3) is 5.91 Å². The van der Waals surface area contributed by atoms with Gasteiger partial charge in [-0.15, -0.1) is 32.9 Å². The average molecular weight is 649 g/mol. The van der Waals surface area contributed by atoms with Crippen molar-refractivity contribution in [3.63, 3.8) is 0 Å². The van der Waals surface area contributed by atoms with E-state index in [0.717, 1.165) is 48.4 Å². The molecule has 12 heteroatoms. The predicted octanol–water partition coefficient (Wildman–Crippen LogP) is 3.70. The van der Waals surface area contributed by atoms with Crippen LogP contribution in [-0.2, 0) is 18.3 Å². The summed E-state index contributed by atoms with van der Waals surface area (Å²) in [6.07, 6.45) is 4.36. The van der Waals surface area contributed by atoms with Crippen LogP contribution in [0.4, 0.5) is 0 Å². The van der Waals surface area contributed by atoms with Gasteiger partial charge in [-0.2, -0.15) is 10.5 Å². The summed E-state index contributed by atoms with van der Waals surface area (Å²) >= 11 is 5.78.